The molecule has 8 heteroatoms. The Bertz CT molecular complexity index is 983. The number of aliphatic hydroxyl groups is 1. The zero-order valence-corrected chi connectivity index (χ0v) is 23.5. The number of halogens is 2. The predicted octanol–water partition coefficient (Wildman–Crippen LogP) is 4.28. The SMILES string of the molecule is C=CCN1CC(C)NCC1(CO)c1ccc(Cc2ccc(C(=O)N(CC)CC)cc2)cc1OC.Cl.Cl. The van der Waals surface area contributed by atoms with Gasteiger partial charge in [0, 0.05) is 49.9 Å². The second kappa shape index (κ2) is 14.6. The van der Waals surface area contributed by atoms with Gasteiger partial charge in [0.05, 0.1) is 19.3 Å². The van der Waals surface area contributed by atoms with Gasteiger partial charge in [0.2, 0.25) is 0 Å². The summed E-state index contributed by atoms with van der Waals surface area (Å²) in [6.45, 7) is 13.6. The number of methoxy groups -OCH3 is 1. The van der Waals surface area contributed by atoms with Crippen LogP contribution in [-0.2, 0) is 12.0 Å². The minimum absolute atomic E-state index is 0. The Morgan fingerprint density at radius 2 is 1.83 bits per heavy atom. The molecule has 0 bridgehead atoms. The lowest BCUT2D eigenvalue weighted by atomic mass is 9.84. The minimum Gasteiger partial charge on any atom is -0.496 e. The lowest BCUT2D eigenvalue weighted by molar-refractivity contribution is 0.000541. The van der Waals surface area contributed by atoms with Crippen LogP contribution in [0.15, 0.2) is 55.1 Å². The fraction of sp³-hybridized carbons (Fsp3) is 0.464. The Morgan fingerprint density at radius 1 is 1.19 bits per heavy atom. The lowest BCUT2D eigenvalue weighted by Crippen LogP contribution is -2.63. The van der Waals surface area contributed by atoms with Crippen molar-refractivity contribution in [3.63, 3.8) is 0 Å². The number of carbonyl (C=O) groups excluding carboxylic acids is 1. The van der Waals surface area contributed by atoms with Gasteiger partial charge in [-0.15, -0.1) is 31.4 Å². The van der Waals surface area contributed by atoms with Crippen molar-refractivity contribution < 1.29 is 14.6 Å². The van der Waals surface area contributed by atoms with Crippen molar-refractivity contribution in [2.75, 3.05) is 46.4 Å². The van der Waals surface area contributed by atoms with Crippen LogP contribution in [0.1, 0.15) is 47.8 Å². The number of carbonyl (C=O) groups is 1. The number of amides is 1. The van der Waals surface area contributed by atoms with Crippen LogP contribution in [0.3, 0.4) is 0 Å². The van der Waals surface area contributed by atoms with Gasteiger partial charge in [-0.1, -0.05) is 30.3 Å². The standard InChI is InChI=1S/C28H39N3O3.2ClH/c1-6-15-31-18-21(4)29-19-28(31,20-32)25-14-11-23(17-26(25)34-5)16-22-9-12-24(13-10-22)27(33)30(7-2)8-3;;/h6,9-14,17,21,29,32H,1,7-8,15-16,18-20H2,2-5H3;2*1H. The maximum Gasteiger partial charge on any atom is 0.253 e. The zero-order valence-electron chi connectivity index (χ0n) is 21.8. The first-order valence-electron chi connectivity index (χ1n) is 12.2. The highest BCUT2D eigenvalue weighted by atomic mass is 35.5. The van der Waals surface area contributed by atoms with Gasteiger partial charge in [0.25, 0.3) is 5.91 Å². The quantitative estimate of drug-likeness (QED) is 0.443. The maximum absolute atomic E-state index is 12.6. The van der Waals surface area contributed by atoms with Crippen molar-refractivity contribution in [2.24, 2.45) is 0 Å². The van der Waals surface area contributed by atoms with Crippen LogP contribution in [0, 0.1) is 0 Å². The molecule has 0 saturated carbocycles. The summed E-state index contributed by atoms with van der Waals surface area (Å²) in [7, 11) is 1.68. The predicted molar refractivity (Wildman–Crippen MR) is 152 cm³/mol. The van der Waals surface area contributed by atoms with Crippen LogP contribution in [0.4, 0.5) is 0 Å². The number of hydrogen-bond donors (Lipinski definition) is 2. The van der Waals surface area contributed by atoms with Crippen molar-refractivity contribution in [1.29, 1.82) is 0 Å². The number of ether oxygens (including phenoxy) is 1. The van der Waals surface area contributed by atoms with E-state index in [2.05, 4.69) is 41.9 Å². The molecule has 1 fully saturated rings. The second-order valence-corrected chi connectivity index (χ2v) is 9.05. The van der Waals surface area contributed by atoms with Gasteiger partial charge in [-0.25, -0.2) is 0 Å². The molecular weight excluding hydrogens is 497 g/mol. The van der Waals surface area contributed by atoms with Gasteiger partial charge < -0.3 is 20.1 Å². The van der Waals surface area contributed by atoms with E-state index >= 15 is 0 Å². The van der Waals surface area contributed by atoms with E-state index in [-0.39, 0.29) is 37.3 Å². The third-order valence-corrected chi connectivity index (χ3v) is 6.88. The van der Waals surface area contributed by atoms with Gasteiger partial charge >= 0.3 is 0 Å². The van der Waals surface area contributed by atoms with Gasteiger partial charge in [0.15, 0.2) is 0 Å². The van der Waals surface area contributed by atoms with Gasteiger partial charge in [-0.2, -0.15) is 0 Å². The summed E-state index contributed by atoms with van der Waals surface area (Å²) in [5.74, 6) is 0.835. The fourth-order valence-electron chi connectivity index (χ4n) is 4.86. The molecule has 3 rings (SSSR count). The Kier molecular flexibility index (Phi) is 13.0. The molecule has 2 aromatic carbocycles. The van der Waals surface area contributed by atoms with Gasteiger partial charge in [-0.05, 0) is 56.5 Å². The van der Waals surface area contributed by atoms with Crippen molar-refractivity contribution in [3.8, 4) is 5.75 Å². The smallest absolute Gasteiger partial charge is 0.253 e. The van der Waals surface area contributed by atoms with Crippen LogP contribution in [0.5, 0.6) is 5.75 Å². The molecule has 1 heterocycles. The largest absolute Gasteiger partial charge is 0.496 e. The number of nitrogens with zero attached hydrogens (tertiary/aromatic N) is 2. The molecule has 2 unspecified atom stereocenters. The first kappa shape index (κ1) is 31.9. The van der Waals surface area contributed by atoms with E-state index < -0.39 is 5.54 Å². The van der Waals surface area contributed by atoms with E-state index in [4.69, 9.17) is 4.74 Å². The number of piperazine rings is 1. The molecule has 6 nitrogen and oxygen atoms in total. The van der Waals surface area contributed by atoms with Crippen LogP contribution in [0.2, 0.25) is 0 Å². The average Bonchev–Trinajstić information content (AvgIpc) is 2.86. The van der Waals surface area contributed by atoms with E-state index in [0.717, 1.165) is 35.4 Å². The first-order valence-corrected chi connectivity index (χ1v) is 12.2. The maximum atomic E-state index is 12.6. The summed E-state index contributed by atoms with van der Waals surface area (Å²) < 4.78 is 5.82. The van der Waals surface area contributed by atoms with E-state index in [0.29, 0.717) is 37.8 Å². The first-order chi connectivity index (χ1) is 16.4. The number of benzene rings is 2. The van der Waals surface area contributed by atoms with E-state index in [1.807, 2.05) is 49.1 Å². The number of nitrogens with one attached hydrogen (secondary N) is 1. The van der Waals surface area contributed by atoms with Crippen molar-refractivity contribution >= 4 is 30.7 Å². The highest BCUT2D eigenvalue weighted by Crippen LogP contribution is 2.37. The molecule has 2 atom stereocenters. The summed E-state index contributed by atoms with van der Waals surface area (Å²) in [6.07, 6.45) is 2.62. The topological polar surface area (TPSA) is 65.0 Å². The molecule has 0 spiro atoms. The molecule has 0 aromatic heterocycles. The minimum atomic E-state index is -0.572. The Labute approximate surface area is 228 Å². The van der Waals surface area contributed by atoms with Crippen molar-refractivity contribution in [3.05, 3.63) is 77.4 Å². The molecule has 1 aliphatic rings. The molecule has 0 aliphatic carbocycles. The molecule has 200 valence electrons. The summed E-state index contributed by atoms with van der Waals surface area (Å²) in [4.78, 5) is 16.7. The molecule has 1 amide bonds. The van der Waals surface area contributed by atoms with Crippen LogP contribution < -0.4 is 10.1 Å². The van der Waals surface area contributed by atoms with E-state index in [9.17, 15) is 9.90 Å². The Hall–Kier alpha value is -2.09. The van der Waals surface area contributed by atoms with Crippen molar-refractivity contribution in [1.82, 2.24) is 15.1 Å². The van der Waals surface area contributed by atoms with Gasteiger partial charge in [-0.3, -0.25) is 9.69 Å². The van der Waals surface area contributed by atoms with Gasteiger partial charge in [0.1, 0.15) is 5.75 Å². The number of rotatable bonds is 10. The second-order valence-electron chi connectivity index (χ2n) is 9.05. The molecule has 2 aromatic rings. The fourth-order valence-corrected chi connectivity index (χ4v) is 4.86. The molecular formula is C28H41Cl2N3O3. The third-order valence-electron chi connectivity index (χ3n) is 6.88. The Morgan fingerprint density at radius 3 is 2.39 bits per heavy atom. The normalized spacial score (nSPS) is 19.5. The molecule has 1 aliphatic heterocycles. The number of aliphatic hydroxyl groups excluding tert-OH is 1. The summed E-state index contributed by atoms with van der Waals surface area (Å²) in [5, 5.41) is 14.1. The Balaban J connectivity index is 0.00000324. The van der Waals surface area contributed by atoms with Crippen LogP contribution in [-0.4, -0.2) is 73.3 Å². The van der Waals surface area contributed by atoms with Crippen LogP contribution >= 0.6 is 24.8 Å². The monoisotopic (exact) mass is 537 g/mol. The van der Waals surface area contributed by atoms with Crippen molar-refractivity contribution in [2.45, 2.75) is 38.8 Å². The average molecular weight is 539 g/mol. The molecule has 2 N–H and O–H groups in total. The number of hydrogen-bond acceptors (Lipinski definition) is 5. The highest BCUT2D eigenvalue weighted by Gasteiger charge is 2.43. The summed E-state index contributed by atoms with van der Waals surface area (Å²) in [6, 6.07) is 14.4. The lowest BCUT2D eigenvalue weighted by Gasteiger charge is -2.49. The molecule has 0 radical (unpaired) electrons. The van der Waals surface area contributed by atoms with Crippen LogP contribution in [0.25, 0.3) is 0 Å². The highest BCUT2D eigenvalue weighted by molar-refractivity contribution is 5.94. The molecule has 36 heavy (non-hydrogen) atoms. The molecule has 1 saturated heterocycles. The summed E-state index contributed by atoms with van der Waals surface area (Å²) in [5.41, 5.74) is 3.36. The summed E-state index contributed by atoms with van der Waals surface area (Å²) >= 11 is 0. The van der Waals surface area contributed by atoms with E-state index in [1.54, 1.807) is 7.11 Å². The van der Waals surface area contributed by atoms with E-state index in [1.165, 1.54) is 0 Å². The third kappa shape index (κ3) is 6.81. The zero-order chi connectivity index (χ0) is 24.7.